The molecule has 106 valence electrons. The maximum Gasteiger partial charge on any atom is 0.272 e. The van der Waals surface area contributed by atoms with Gasteiger partial charge in [0.1, 0.15) is 11.8 Å². The Morgan fingerprint density at radius 2 is 2.24 bits per heavy atom. The van der Waals surface area contributed by atoms with Gasteiger partial charge in [0.2, 0.25) is 0 Å². The largest absolute Gasteiger partial charge is 0.479 e. The minimum Gasteiger partial charge on any atom is -0.479 e. The zero-order valence-electron chi connectivity index (χ0n) is 11.4. The molecule has 1 aromatic carbocycles. The fraction of sp³-hybridized carbons (Fsp3) is 0.133. The number of benzene rings is 1. The van der Waals surface area contributed by atoms with E-state index in [4.69, 9.17) is 10.00 Å². The van der Waals surface area contributed by atoms with Crippen LogP contribution < -0.4 is 9.54 Å². The third-order valence-corrected chi connectivity index (χ3v) is 3.42. The molecule has 5 nitrogen and oxygen atoms in total. The molecule has 0 N–H and O–H groups in total. The molecule has 0 radical (unpaired) electrons. The van der Waals surface area contributed by atoms with E-state index in [9.17, 15) is 4.79 Å². The van der Waals surface area contributed by atoms with Gasteiger partial charge in [-0.1, -0.05) is 12.1 Å². The first kappa shape index (κ1) is 14.8. The molecule has 0 bridgehead atoms. The van der Waals surface area contributed by atoms with Gasteiger partial charge in [-0.15, -0.1) is 11.3 Å². The van der Waals surface area contributed by atoms with Crippen LogP contribution in [0.4, 0.5) is 0 Å². The minimum absolute atomic E-state index is 0.0182. The Bertz CT molecular complexity index is 748. The Morgan fingerprint density at radius 1 is 1.48 bits per heavy atom. The van der Waals surface area contributed by atoms with Gasteiger partial charge >= 0.3 is 0 Å². The van der Waals surface area contributed by atoms with Crippen molar-refractivity contribution in [1.82, 2.24) is 4.57 Å². The van der Waals surface area contributed by atoms with E-state index < -0.39 is 0 Å². The SMILES string of the molecule is Cn1ccsc1=NC(=O)/C=C/c1ccc(OCC#N)cc1. The first-order valence-corrected chi connectivity index (χ1v) is 7.04. The highest BCUT2D eigenvalue weighted by Crippen LogP contribution is 2.13. The Balaban J connectivity index is 2.03. The normalized spacial score (nSPS) is 11.5. The van der Waals surface area contributed by atoms with Crippen molar-refractivity contribution in [3.05, 3.63) is 52.3 Å². The minimum atomic E-state index is -0.308. The molecule has 1 aromatic heterocycles. The number of carbonyl (C=O) groups excluding carboxylic acids is 1. The van der Waals surface area contributed by atoms with Crippen LogP contribution in [0.25, 0.3) is 6.08 Å². The van der Waals surface area contributed by atoms with E-state index in [2.05, 4.69) is 4.99 Å². The number of nitriles is 1. The van der Waals surface area contributed by atoms with Gasteiger partial charge in [0.25, 0.3) is 5.91 Å². The summed E-state index contributed by atoms with van der Waals surface area (Å²) in [4.78, 5) is 16.4. The van der Waals surface area contributed by atoms with Crippen LogP contribution in [-0.2, 0) is 11.8 Å². The zero-order valence-corrected chi connectivity index (χ0v) is 12.2. The third-order valence-electron chi connectivity index (χ3n) is 2.57. The molecule has 0 saturated heterocycles. The fourth-order valence-electron chi connectivity index (χ4n) is 1.52. The summed E-state index contributed by atoms with van der Waals surface area (Å²) in [5, 5.41) is 10.3. The lowest BCUT2D eigenvalue weighted by atomic mass is 10.2. The van der Waals surface area contributed by atoms with Gasteiger partial charge in [-0.05, 0) is 23.8 Å². The number of thiazole rings is 1. The summed E-state index contributed by atoms with van der Waals surface area (Å²) in [5.41, 5.74) is 0.860. The maximum atomic E-state index is 11.7. The van der Waals surface area contributed by atoms with Crippen LogP contribution in [0.1, 0.15) is 5.56 Å². The van der Waals surface area contributed by atoms with Gasteiger partial charge < -0.3 is 9.30 Å². The Labute approximate surface area is 126 Å². The van der Waals surface area contributed by atoms with Gasteiger partial charge in [-0.3, -0.25) is 4.79 Å². The van der Waals surface area contributed by atoms with Crippen LogP contribution in [0, 0.1) is 11.3 Å². The van der Waals surface area contributed by atoms with Crippen molar-refractivity contribution >= 4 is 23.3 Å². The van der Waals surface area contributed by atoms with E-state index in [0.29, 0.717) is 10.6 Å². The van der Waals surface area contributed by atoms with Gasteiger partial charge in [0.15, 0.2) is 11.4 Å². The summed E-state index contributed by atoms with van der Waals surface area (Å²) in [6.07, 6.45) is 4.96. The molecular weight excluding hydrogens is 286 g/mol. The third kappa shape index (κ3) is 4.44. The summed E-state index contributed by atoms with van der Waals surface area (Å²) in [6, 6.07) is 9.01. The first-order chi connectivity index (χ1) is 10.2. The van der Waals surface area contributed by atoms with E-state index >= 15 is 0 Å². The lowest BCUT2D eigenvalue weighted by Gasteiger charge is -2.00. The van der Waals surface area contributed by atoms with Crippen molar-refractivity contribution in [2.45, 2.75) is 0 Å². The highest BCUT2D eigenvalue weighted by molar-refractivity contribution is 7.07. The number of nitrogens with zero attached hydrogens (tertiary/aromatic N) is 3. The average Bonchev–Trinajstić information content (AvgIpc) is 2.89. The summed E-state index contributed by atoms with van der Waals surface area (Å²) in [5.74, 6) is 0.313. The topological polar surface area (TPSA) is 67.4 Å². The number of hydrogen-bond acceptors (Lipinski definition) is 4. The Morgan fingerprint density at radius 3 is 2.86 bits per heavy atom. The van der Waals surface area contributed by atoms with E-state index in [1.165, 1.54) is 17.4 Å². The maximum absolute atomic E-state index is 11.7. The second kappa shape index (κ2) is 7.22. The quantitative estimate of drug-likeness (QED) is 0.812. The number of aromatic nitrogens is 1. The van der Waals surface area contributed by atoms with Crippen LogP contribution in [0.5, 0.6) is 5.75 Å². The Hall–Kier alpha value is -2.65. The van der Waals surface area contributed by atoms with Gasteiger partial charge in [-0.2, -0.15) is 10.3 Å². The number of ether oxygens (including phenoxy) is 1. The zero-order chi connectivity index (χ0) is 15.1. The van der Waals surface area contributed by atoms with E-state index in [1.807, 2.05) is 36.8 Å². The summed E-state index contributed by atoms with van der Waals surface area (Å²) in [7, 11) is 1.84. The number of carbonyl (C=O) groups is 1. The van der Waals surface area contributed by atoms with Crippen molar-refractivity contribution in [3.8, 4) is 11.8 Å². The van der Waals surface area contributed by atoms with Gasteiger partial charge in [0, 0.05) is 24.7 Å². The standard InChI is InChI=1S/C15H13N3O2S/c1-18-9-11-21-15(18)17-14(19)7-4-12-2-5-13(6-3-12)20-10-8-16/h2-7,9,11H,10H2,1H3/b7-4+,17-15?. The summed E-state index contributed by atoms with van der Waals surface area (Å²) >= 11 is 1.41. The molecule has 0 aliphatic heterocycles. The molecule has 0 aliphatic carbocycles. The van der Waals surface area contributed by atoms with Crippen LogP contribution in [0.2, 0.25) is 0 Å². The second-order valence-corrected chi connectivity index (χ2v) is 4.97. The Kier molecular flexibility index (Phi) is 5.07. The molecular formula is C15H13N3O2S. The first-order valence-electron chi connectivity index (χ1n) is 6.16. The lowest BCUT2D eigenvalue weighted by molar-refractivity contribution is -0.113. The fourth-order valence-corrected chi connectivity index (χ4v) is 2.26. The van der Waals surface area contributed by atoms with Crippen molar-refractivity contribution in [3.63, 3.8) is 0 Å². The molecule has 0 unspecified atom stereocenters. The van der Waals surface area contributed by atoms with E-state index in [-0.39, 0.29) is 12.5 Å². The molecule has 21 heavy (non-hydrogen) atoms. The average molecular weight is 299 g/mol. The molecule has 2 aromatic rings. The smallest absolute Gasteiger partial charge is 0.272 e. The summed E-state index contributed by atoms with van der Waals surface area (Å²) in [6.45, 7) is 0.0182. The number of aryl methyl sites for hydroxylation is 1. The molecule has 0 aliphatic rings. The number of rotatable bonds is 4. The predicted octanol–water partition coefficient (Wildman–Crippen LogP) is 2.13. The van der Waals surface area contributed by atoms with Crippen LogP contribution in [0.3, 0.4) is 0 Å². The molecule has 0 spiro atoms. The van der Waals surface area contributed by atoms with Crippen molar-refractivity contribution in [1.29, 1.82) is 5.26 Å². The molecule has 0 atom stereocenters. The summed E-state index contributed by atoms with van der Waals surface area (Å²) < 4.78 is 6.94. The molecule has 1 amide bonds. The predicted molar refractivity (Wildman–Crippen MR) is 80.4 cm³/mol. The van der Waals surface area contributed by atoms with Crippen molar-refractivity contribution in [2.24, 2.45) is 12.0 Å². The molecule has 6 heteroatoms. The molecule has 0 saturated carbocycles. The molecule has 0 fully saturated rings. The highest BCUT2D eigenvalue weighted by atomic mass is 32.1. The van der Waals surface area contributed by atoms with Crippen molar-refractivity contribution in [2.75, 3.05) is 6.61 Å². The lowest BCUT2D eigenvalue weighted by Crippen LogP contribution is -2.11. The molecule has 2 rings (SSSR count). The second-order valence-electron chi connectivity index (χ2n) is 4.10. The van der Waals surface area contributed by atoms with Gasteiger partial charge in [-0.25, -0.2) is 0 Å². The molecule has 1 heterocycles. The number of amides is 1. The van der Waals surface area contributed by atoms with Crippen LogP contribution in [0.15, 0.2) is 46.9 Å². The van der Waals surface area contributed by atoms with Crippen LogP contribution in [-0.4, -0.2) is 17.1 Å². The van der Waals surface area contributed by atoms with Gasteiger partial charge in [0.05, 0.1) is 0 Å². The highest BCUT2D eigenvalue weighted by Gasteiger charge is 1.96. The number of hydrogen-bond donors (Lipinski definition) is 0. The van der Waals surface area contributed by atoms with Crippen LogP contribution >= 0.6 is 11.3 Å². The van der Waals surface area contributed by atoms with E-state index in [1.54, 1.807) is 22.8 Å². The monoisotopic (exact) mass is 299 g/mol. The van der Waals surface area contributed by atoms with Crippen molar-refractivity contribution < 1.29 is 9.53 Å². The van der Waals surface area contributed by atoms with E-state index in [0.717, 1.165) is 5.56 Å².